The van der Waals surface area contributed by atoms with Gasteiger partial charge in [-0.2, -0.15) is 5.26 Å². The Morgan fingerprint density at radius 2 is 2.38 bits per heavy atom. The Morgan fingerprint density at radius 3 is 2.92 bits per heavy atom. The van der Waals surface area contributed by atoms with E-state index < -0.39 is 5.82 Å². The van der Waals surface area contributed by atoms with Gasteiger partial charge in [-0.15, -0.1) is 0 Å². The van der Waals surface area contributed by atoms with Gasteiger partial charge in [0, 0.05) is 0 Å². The van der Waals surface area contributed by atoms with Crippen LogP contribution < -0.4 is 4.74 Å². The van der Waals surface area contributed by atoms with Gasteiger partial charge in [0.1, 0.15) is 6.61 Å². The predicted molar refractivity (Wildman–Crippen MR) is 42.7 cm³/mol. The smallest absolute Gasteiger partial charge is 0.166 e. The highest BCUT2D eigenvalue weighted by atomic mass is 19.1. The topological polar surface area (TPSA) is 50.1 Å². The fraction of sp³-hybridized carbons (Fsp3) is 0.111. The lowest BCUT2D eigenvalue weighted by Gasteiger charge is -2.02. The number of carbonyl (C=O) groups excluding carboxylic acids is 1. The van der Waals surface area contributed by atoms with Gasteiger partial charge in [0.05, 0.1) is 11.6 Å². The SMILES string of the molecule is N#Cc1ccc(OCC=O)c(F)c1. The van der Waals surface area contributed by atoms with Gasteiger partial charge < -0.3 is 4.74 Å². The van der Waals surface area contributed by atoms with Crippen molar-refractivity contribution in [2.75, 3.05) is 6.61 Å². The quantitative estimate of drug-likeness (QED) is 0.656. The number of benzene rings is 1. The second kappa shape index (κ2) is 4.21. The first-order valence-corrected chi connectivity index (χ1v) is 3.54. The van der Waals surface area contributed by atoms with Crippen LogP contribution in [0.5, 0.6) is 5.75 Å². The predicted octanol–water partition coefficient (Wildman–Crippen LogP) is 1.28. The normalized spacial score (nSPS) is 8.92. The zero-order valence-corrected chi connectivity index (χ0v) is 6.66. The molecule has 1 aromatic carbocycles. The Balaban J connectivity index is 2.86. The molecule has 0 fully saturated rings. The van der Waals surface area contributed by atoms with Crippen LogP contribution in [0.25, 0.3) is 0 Å². The summed E-state index contributed by atoms with van der Waals surface area (Å²) >= 11 is 0. The van der Waals surface area contributed by atoms with E-state index in [1.807, 2.05) is 0 Å². The third-order valence-corrected chi connectivity index (χ3v) is 1.37. The average molecular weight is 179 g/mol. The van der Waals surface area contributed by atoms with E-state index in [0.29, 0.717) is 6.29 Å². The number of rotatable bonds is 3. The van der Waals surface area contributed by atoms with Gasteiger partial charge >= 0.3 is 0 Å². The van der Waals surface area contributed by atoms with Crippen LogP contribution in [0.15, 0.2) is 18.2 Å². The lowest BCUT2D eigenvalue weighted by Crippen LogP contribution is -1.99. The molecule has 1 rings (SSSR count). The number of nitrogens with zero attached hydrogens (tertiary/aromatic N) is 1. The first-order chi connectivity index (χ1) is 6.27. The fourth-order valence-electron chi connectivity index (χ4n) is 0.811. The van der Waals surface area contributed by atoms with Crippen LogP contribution in [0.4, 0.5) is 4.39 Å². The molecule has 0 heterocycles. The zero-order chi connectivity index (χ0) is 9.68. The van der Waals surface area contributed by atoms with Crippen molar-refractivity contribution in [3.05, 3.63) is 29.6 Å². The van der Waals surface area contributed by atoms with Crippen LogP contribution in [-0.2, 0) is 4.79 Å². The molecule has 0 N–H and O–H groups in total. The van der Waals surface area contributed by atoms with Crippen molar-refractivity contribution in [3.63, 3.8) is 0 Å². The summed E-state index contributed by atoms with van der Waals surface area (Å²) in [5, 5.41) is 8.42. The molecule has 0 saturated carbocycles. The lowest BCUT2D eigenvalue weighted by atomic mass is 10.2. The zero-order valence-electron chi connectivity index (χ0n) is 6.66. The molecule has 4 heteroatoms. The molecule has 0 bridgehead atoms. The third-order valence-electron chi connectivity index (χ3n) is 1.37. The number of halogens is 1. The van der Waals surface area contributed by atoms with E-state index in [1.165, 1.54) is 12.1 Å². The maximum Gasteiger partial charge on any atom is 0.166 e. The second-order valence-corrected chi connectivity index (χ2v) is 2.23. The van der Waals surface area contributed by atoms with Gasteiger partial charge in [0.2, 0.25) is 0 Å². The monoisotopic (exact) mass is 179 g/mol. The first kappa shape index (κ1) is 9.20. The van der Waals surface area contributed by atoms with Crippen LogP contribution in [0.2, 0.25) is 0 Å². The third kappa shape index (κ3) is 2.27. The number of carbonyl (C=O) groups is 1. The highest BCUT2D eigenvalue weighted by Gasteiger charge is 2.03. The Labute approximate surface area is 74.4 Å². The fourth-order valence-corrected chi connectivity index (χ4v) is 0.811. The van der Waals surface area contributed by atoms with E-state index in [4.69, 9.17) is 10.00 Å². The van der Waals surface area contributed by atoms with Gasteiger partial charge in [-0.05, 0) is 18.2 Å². The average Bonchev–Trinajstić information content (AvgIpc) is 2.16. The Hall–Kier alpha value is -1.89. The van der Waals surface area contributed by atoms with Gasteiger partial charge in [0.25, 0.3) is 0 Å². The van der Waals surface area contributed by atoms with Gasteiger partial charge in [0.15, 0.2) is 17.9 Å². The van der Waals surface area contributed by atoms with E-state index in [0.717, 1.165) is 6.07 Å². The van der Waals surface area contributed by atoms with Crippen molar-refractivity contribution in [1.82, 2.24) is 0 Å². The molecule has 0 spiro atoms. The Kier molecular flexibility index (Phi) is 2.98. The number of aldehydes is 1. The maximum absolute atomic E-state index is 13.0. The van der Waals surface area contributed by atoms with Gasteiger partial charge in [-0.25, -0.2) is 4.39 Å². The summed E-state index contributed by atoms with van der Waals surface area (Å²) in [5.74, 6) is -0.660. The molecular weight excluding hydrogens is 173 g/mol. The molecule has 1 aromatic rings. The van der Waals surface area contributed by atoms with Crippen molar-refractivity contribution >= 4 is 6.29 Å². The van der Waals surface area contributed by atoms with Gasteiger partial charge in [-0.3, -0.25) is 4.79 Å². The molecule has 0 aliphatic rings. The molecule has 0 aliphatic heterocycles. The second-order valence-electron chi connectivity index (χ2n) is 2.23. The number of hydrogen-bond acceptors (Lipinski definition) is 3. The standard InChI is InChI=1S/C9H6FNO2/c10-8-5-7(6-11)1-2-9(8)13-4-3-12/h1-3,5H,4H2. The molecule has 3 nitrogen and oxygen atoms in total. The van der Waals surface area contributed by atoms with E-state index in [2.05, 4.69) is 0 Å². The molecule has 0 saturated heterocycles. The summed E-state index contributed by atoms with van der Waals surface area (Å²) in [6, 6.07) is 5.58. The van der Waals surface area contributed by atoms with Crippen molar-refractivity contribution in [3.8, 4) is 11.8 Å². The summed E-state index contributed by atoms with van der Waals surface area (Å²) in [7, 11) is 0. The molecular formula is C9H6FNO2. The minimum atomic E-state index is -0.638. The summed E-state index contributed by atoms with van der Waals surface area (Å²) in [4.78, 5) is 9.91. The summed E-state index contributed by atoms with van der Waals surface area (Å²) in [5.41, 5.74) is 0.218. The maximum atomic E-state index is 13.0. The Morgan fingerprint density at radius 1 is 1.62 bits per heavy atom. The number of ether oxygens (including phenoxy) is 1. The Bertz CT molecular complexity index is 357. The summed E-state index contributed by atoms with van der Waals surface area (Å²) in [6.45, 7) is -0.192. The van der Waals surface area contributed by atoms with Crippen LogP contribution in [0.3, 0.4) is 0 Å². The minimum Gasteiger partial charge on any atom is -0.483 e. The van der Waals surface area contributed by atoms with Crippen LogP contribution in [0.1, 0.15) is 5.56 Å². The van der Waals surface area contributed by atoms with Crippen molar-refractivity contribution in [2.45, 2.75) is 0 Å². The molecule has 0 aromatic heterocycles. The largest absolute Gasteiger partial charge is 0.483 e. The van der Waals surface area contributed by atoms with E-state index in [-0.39, 0.29) is 17.9 Å². The van der Waals surface area contributed by atoms with E-state index in [9.17, 15) is 9.18 Å². The van der Waals surface area contributed by atoms with Crippen LogP contribution in [0, 0.1) is 17.1 Å². The lowest BCUT2D eigenvalue weighted by molar-refractivity contribution is -0.109. The van der Waals surface area contributed by atoms with E-state index >= 15 is 0 Å². The van der Waals surface area contributed by atoms with Crippen molar-refractivity contribution < 1.29 is 13.9 Å². The van der Waals surface area contributed by atoms with Crippen LogP contribution >= 0.6 is 0 Å². The van der Waals surface area contributed by atoms with Crippen molar-refractivity contribution in [2.24, 2.45) is 0 Å². The van der Waals surface area contributed by atoms with E-state index in [1.54, 1.807) is 6.07 Å². The highest BCUT2D eigenvalue weighted by Crippen LogP contribution is 2.17. The molecule has 66 valence electrons. The molecule has 0 amide bonds. The molecule has 0 atom stereocenters. The minimum absolute atomic E-state index is 0.0221. The molecule has 0 aliphatic carbocycles. The highest BCUT2D eigenvalue weighted by molar-refractivity contribution is 5.51. The number of nitriles is 1. The summed E-state index contributed by atoms with van der Waals surface area (Å²) < 4.78 is 17.7. The molecule has 0 unspecified atom stereocenters. The number of hydrogen-bond donors (Lipinski definition) is 0. The van der Waals surface area contributed by atoms with Gasteiger partial charge in [-0.1, -0.05) is 0 Å². The van der Waals surface area contributed by atoms with Crippen LogP contribution in [-0.4, -0.2) is 12.9 Å². The summed E-state index contributed by atoms with van der Waals surface area (Å²) in [6.07, 6.45) is 0.525. The first-order valence-electron chi connectivity index (χ1n) is 3.54. The molecule has 0 radical (unpaired) electrons. The van der Waals surface area contributed by atoms with Crippen molar-refractivity contribution in [1.29, 1.82) is 5.26 Å². The molecule has 13 heavy (non-hydrogen) atoms.